The molecule has 4 rings (SSSR count). The summed E-state index contributed by atoms with van der Waals surface area (Å²) in [5.41, 5.74) is 1.53. The van der Waals surface area contributed by atoms with E-state index in [1.165, 1.54) is 12.1 Å². The SMILES string of the molecule is NS(=O)(=O)c1ccc(CCn2c(SCC3CCCCO3)nc3ccccc3c2=O)cc1. The van der Waals surface area contributed by atoms with Crippen molar-refractivity contribution in [1.29, 1.82) is 0 Å². The van der Waals surface area contributed by atoms with E-state index in [0.29, 0.717) is 29.0 Å². The molecule has 2 heterocycles. The van der Waals surface area contributed by atoms with Crippen molar-refractivity contribution < 1.29 is 13.2 Å². The van der Waals surface area contributed by atoms with Gasteiger partial charge in [-0.1, -0.05) is 36.0 Å². The normalized spacial score (nSPS) is 17.1. The van der Waals surface area contributed by atoms with Gasteiger partial charge in [0.1, 0.15) is 0 Å². The number of hydrogen-bond donors (Lipinski definition) is 1. The third kappa shape index (κ3) is 5.35. The zero-order valence-corrected chi connectivity index (χ0v) is 18.7. The molecular formula is C22H25N3O4S2. The summed E-state index contributed by atoms with van der Waals surface area (Å²) in [5, 5.41) is 6.43. The van der Waals surface area contributed by atoms with E-state index < -0.39 is 10.0 Å². The Balaban J connectivity index is 1.58. The molecule has 1 aliphatic heterocycles. The summed E-state index contributed by atoms with van der Waals surface area (Å²) in [5.74, 6) is 0.758. The molecule has 1 unspecified atom stereocenters. The maximum atomic E-state index is 13.2. The molecule has 0 spiro atoms. The second kappa shape index (κ2) is 9.52. The van der Waals surface area contributed by atoms with Gasteiger partial charge in [0.05, 0.1) is 21.9 Å². The van der Waals surface area contributed by atoms with Crippen LogP contribution in [0.15, 0.2) is 63.4 Å². The van der Waals surface area contributed by atoms with Gasteiger partial charge in [0.2, 0.25) is 10.0 Å². The molecule has 31 heavy (non-hydrogen) atoms. The summed E-state index contributed by atoms with van der Waals surface area (Å²) >= 11 is 1.55. The van der Waals surface area contributed by atoms with Gasteiger partial charge < -0.3 is 4.74 Å². The van der Waals surface area contributed by atoms with Gasteiger partial charge >= 0.3 is 0 Å². The molecule has 2 N–H and O–H groups in total. The van der Waals surface area contributed by atoms with E-state index in [1.807, 2.05) is 18.2 Å². The van der Waals surface area contributed by atoms with Crippen LogP contribution < -0.4 is 10.7 Å². The van der Waals surface area contributed by atoms with E-state index in [-0.39, 0.29) is 16.6 Å². The third-order valence-corrected chi connectivity index (χ3v) is 7.41. The lowest BCUT2D eigenvalue weighted by Crippen LogP contribution is -2.26. The van der Waals surface area contributed by atoms with Crippen molar-refractivity contribution in [3.8, 4) is 0 Å². The highest BCUT2D eigenvalue weighted by atomic mass is 32.2. The van der Waals surface area contributed by atoms with Crippen LogP contribution in [0.3, 0.4) is 0 Å². The van der Waals surface area contributed by atoms with Gasteiger partial charge in [0.15, 0.2) is 5.16 Å². The maximum absolute atomic E-state index is 13.2. The van der Waals surface area contributed by atoms with E-state index in [2.05, 4.69) is 0 Å². The number of para-hydroxylation sites is 1. The molecule has 0 saturated carbocycles. The smallest absolute Gasteiger partial charge is 0.262 e. The Morgan fingerprint density at radius 1 is 1.13 bits per heavy atom. The molecule has 2 aromatic carbocycles. The van der Waals surface area contributed by atoms with Crippen molar-refractivity contribution in [3.63, 3.8) is 0 Å². The minimum absolute atomic E-state index is 0.0705. The zero-order chi connectivity index (χ0) is 21.8. The molecule has 0 amide bonds. The molecule has 1 saturated heterocycles. The average Bonchev–Trinajstić information content (AvgIpc) is 2.77. The van der Waals surface area contributed by atoms with Crippen molar-refractivity contribution in [1.82, 2.24) is 9.55 Å². The Bertz CT molecular complexity index is 1220. The van der Waals surface area contributed by atoms with Gasteiger partial charge in [0, 0.05) is 18.9 Å². The van der Waals surface area contributed by atoms with Gasteiger partial charge in [-0.2, -0.15) is 0 Å². The van der Waals surface area contributed by atoms with E-state index in [9.17, 15) is 13.2 Å². The average molecular weight is 460 g/mol. The highest BCUT2D eigenvalue weighted by Crippen LogP contribution is 2.23. The molecule has 0 radical (unpaired) electrons. The van der Waals surface area contributed by atoms with Crippen molar-refractivity contribution >= 4 is 32.7 Å². The van der Waals surface area contributed by atoms with Crippen LogP contribution in [0.5, 0.6) is 0 Å². The Kier molecular flexibility index (Phi) is 6.76. The molecule has 164 valence electrons. The Morgan fingerprint density at radius 3 is 2.61 bits per heavy atom. The van der Waals surface area contributed by atoms with Crippen LogP contribution in [0, 0.1) is 0 Å². The quantitative estimate of drug-likeness (QED) is 0.430. The minimum atomic E-state index is -3.72. The largest absolute Gasteiger partial charge is 0.377 e. The minimum Gasteiger partial charge on any atom is -0.377 e. The second-order valence-corrected chi connectivity index (χ2v) is 10.2. The molecule has 0 bridgehead atoms. The van der Waals surface area contributed by atoms with Crippen molar-refractivity contribution in [2.24, 2.45) is 5.14 Å². The summed E-state index contributed by atoms with van der Waals surface area (Å²) in [6.07, 6.45) is 4.04. The summed E-state index contributed by atoms with van der Waals surface area (Å²) in [6, 6.07) is 13.8. The number of nitrogens with two attached hydrogens (primary N) is 1. The predicted octanol–water partition coefficient (Wildman–Crippen LogP) is 2.95. The number of fused-ring (bicyclic) bond motifs is 1. The van der Waals surface area contributed by atoms with E-state index in [0.717, 1.165) is 37.2 Å². The third-order valence-electron chi connectivity index (χ3n) is 5.37. The Morgan fingerprint density at radius 2 is 1.90 bits per heavy atom. The topological polar surface area (TPSA) is 104 Å². The number of aromatic nitrogens is 2. The van der Waals surface area contributed by atoms with Crippen LogP contribution in [0.2, 0.25) is 0 Å². The molecule has 0 aliphatic carbocycles. The van der Waals surface area contributed by atoms with Crippen LogP contribution in [0.25, 0.3) is 10.9 Å². The molecule has 7 nitrogen and oxygen atoms in total. The van der Waals surface area contributed by atoms with Crippen LogP contribution >= 0.6 is 11.8 Å². The number of thioether (sulfide) groups is 1. The molecule has 3 aromatic rings. The van der Waals surface area contributed by atoms with Gasteiger partial charge in [0.25, 0.3) is 5.56 Å². The number of primary sulfonamides is 1. The lowest BCUT2D eigenvalue weighted by Gasteiger charge is -2.22. The lowest BCUT2D eigenvalue weighted by molar-refractivity contribution is 0.0315. The number of ether oxygens (including phenoxy) is 1. The number of aryl methyl sites for hydroxylation is 1. The molecule has 1 fully saturated rings. The fourth-order valence-electron chi connectivity index (χ4n) is 3.65. The first-order valence-corrected chi connectivity index (χ1v) is 12.8. The monoisotopic (exact) mass is 459 g/mol. The second-order valence-electron chi connectivity index (χ2n) is 7.61. The molecule has 1 atom stereocenters. The van der Waals surface area contributed by atoms with E-state index in [1.54, 1.807) is 34.5 Å². The standard InChI is InChI=1S/C22H25N3O4S2/c23-31(27,28)18-10-8-16(9-11-18)12-13-25-21(26)19-6-1-2-7-20(19)24-22(25)30-15-17-5-3-4-14-29-17/h1-2,6-11,17H,3-5,12-15H2,(H2,23,27,28). The number of sulfonamides is 1. The zero-order valence-electron chi connectivity index (χ0n) is 17.1. The molecule has 1 aliphatic rings. The first-order chi connectivity index (χ1) is 14.9. The van der Waals surface area contributed by atoms with Gasteiger partial charge in [-0.25, -0.2) is 18.5 Å². The van der Waals surface area contributed by atoms with Gasteiger partial charge in [-0.15, -0.1) is 0 Å². The number of rotatable bonds is 7. The van der Waals surface area contributed by atoms with Crippen LogP contribution in [-0.2, 0) is 27.7 Å². The van der Waals surface area contributed by atoms with Crippen molar-refractivity contribution in [2.75, 3.05) is 12.4 Å². The number of nitrogens with zero attached hydrogens (tertiary/aromatic N) is 2. The number of benzene rings is 2. The predicted molar refractivity (Wildman–Crippen MR) is 122 cm³/mol. The van der Waals surface area contributed by atoms with Crippen LogP contribution in [0.1, 0.15) is 24.8 Å². The van der Waals surface area contributed by atoms with Crippen molar-refractivity contribution in [3.05, 3.63) is 64.4 Å². The summed E-state index contributed by atoms with van der Waals surface area (Å²) in [4.78, 5) is 18.0. The van der Waals surface area contributed by atoms with Crippen LogP contribution in [-0.4, -0.2) is 36.4 Å². The molecular weight excluding hydrogens is 434 g/mol. The Hall–Kier alpha value is -2.20. The fraction of sp³-hybridized carbons (Fsp3) is 0.364. The summed E-state index contributed by atoms with van der Waals surface area (Å²) < 4.78 is 30.4. The fourth-order valence-corrected chi connectivity index (χ4v) is 5.25. The first-order valence-electron chi connectivity index (χ1n) is 10.3. The van der Waals surface area contributed by atoms with Crippen molar-refractivity contribution in [2.45, 2.75) is 48.4 Å². The van der Waals surface area contributed by atoms with Crippen LogP contribution in [0.4, 0.5) is 0 Å². The molecule has 1 aromatic heterocycles. The Labute approximate surface area is 185 Å². The van der Waals surface area contributed by atoms with E-state index in [4.69, 9.17) is 14.9 Å². The number of hydrogen-bond acceptors (Lipinski definition) is 6. The van der Waals surface area contributed by atoms with E-state index >= 15 is 0 Å². The molecule has 9 heteroatoms. The first kappa shape index (κ1) is 22.0. The lowest BCUT2D eigenvalue weighted by atomic mass is 10.1. The summed E-state index contributed by atoms with van der Waals surface area (Å²) in [7, 11) is -3.72. The van der Waals surface area contributed by atoms with Gasteiger partial charge in [-0.3, -0.25) is 9.36 Å². The highest BCUT2D eigenvalue weighted by molar-refractivity contribution is 7.99. The maximum Gasteiger partial charge on any atom is 0.262 e. The highest BCUT2D eigenvalue weighted by Gasteiger charge is 2.17. The van der Waals surface area contributed by atoms with Gasteiger partial charge in [-0.05, 0) is 55.5 Å². The summed E-state index contributed by atoms with van der Waals surface area (Å²) in [6.45, 7) is 1.23.